The quantitative estimate of drug-likeness (QED) is 0.0169. The van der Waals surface area contributed by atoms with Crippen LogP contribution in [0.3, 0.4) is 0 Å². The Labute approximate surface area is 653 Å². The number of esters is 4. The SMILES string of the molecule is CC/C=C\C/C=C\C/C=C\C/C=C\C/C=C\CCCCCC(=O)OCC(COP(=O)(O)OCC(O)COP(=O)(O)OCC(COC(=O)CCCCCCCC/C=C\C/C=C\C/C=C\CCCCC)OC(=O)CCCCCCC/C=C\C/C=C\C/C=C\CC)OC(=O)C/C=C\C/C=C\C/C=C\C/C=C\C/C=C\CC. The number of carbonyl (C=O) groups excluding carboxylic acids is 4. The summed E-state index contributed by atoms with van der Waals surface area (Å²) in [7, 11) is -10.0. The lowest BCUT2D eigenvalue weighted by Crippen LogP contribution is -2.30. The van der Waals surface area contributed by atoms with Crippen LogP contribution in [0.1, 0.15) is 285 Å². The van der Waals surface area contributed by atoms with Crippen molar-refractivity contribution in [2.75, 3.05) is 39.6 Å². The summed E-state index contributed by atoms with van der Waals surface area (Å²) < 4.78 is 68.5. The molecule has 0 spiro atoms. The van der Waals surface area contributed by atoms with E-state index in [0.29, 0.717) is 25.7 Å². The highest BCUT2D eigenvalue weighted by molar-refractivity contribution is 7.47. The van der Waals surface area contributed by atoms with Crippen molar-refractivity contribution in [3.05, 3.63) is 194 Å². The fourth-order valence-corrected chi connectivity index (χ4v) is 11.6. The van der Waals surface area contributed by atoms with Gasteiger partial charge in [0.1, 0.15) is 19.3 Å². The number of aliphatic hydroxyl groups is 1. The molecule has 0 bridgehead atoms. The van der Waals surface area contributed by atoms with Crippen LogP contribution >= 0.6 is 15.6 Å². The van der Waals surface area contributed by atoms with Crippen LogP contribution in [0.15, 0.2) is 194 Å². The summed E-state index contributed by atoms with van der Waals surface area (Å²) >= 11 is 0. The number of ether oxygens (including phenoxy) is 4. The molecule has 0 fully saturated rings. The number of rotatable bonds is 74. The molecule has 0 rings (SSSR count). The van der Waals surface area contributed by atoms with Crippen LogP contribution < -0.4 is 0 Å². The minimum absolute atomic E-state index is 0.0619. The second-order valence-corrected chi connectivity index (χ2v) is 29.1. The van der Waals surface area contributed by atoms with Gasteiger partial charge in [-0.2, -0.15) is 0 Å². The maximum Gasteiger partial charge on any atom is 0.472 e. The topological polar surface area (TPSA) is 237 Å². The molecule has 0 saturated carbocycles. The lowest BCUT2D eigenvalue weighted by Gasteiger charge is -2.21. The monoisotopic (exact) mass is 1540 g/mol. The number of allylic oxidation sites excluding steroid dienone is 31. The molecule has 0 radical (unpaired) electrons. The summed E-state index contributed by atoms with van der Waals surface area (Å²) in [5, 5.41) is 10.7. The molecule has 3 N–H and O–H groups in total. The van der Waals surface area contributed by atoms with Crippen molar-refractivity contribution in [3.8, 4) is 0 Å². The number of aliphatic hydroxyl groups excluding tert-OH is 1. The summed E-state index contributed by atoms with van der Waals surface area (Å²) in [5.74, 6) is -2.41. The average molecular weight is 1550 g/mol. The molecular weight excluding hydrogens is 1400 g/mol. The van der Waals surface area contributed by atoms with Gasteiger partial charge >= 0.3 is 39.5 Å². The highest BCUT2D eigenvalue weighted by atomic mass is 31.2. The molecule has 0 aromatic heterocycles. The van der Waals surface area contributed by atoms with Gasteiger partial charge in [-0.15, -0.1) is 0 Å². The number of phosphoric acid groups is 2. The molecule has 108 heavy (non-hydrogen) atoms. The summed E-state index contributed by atoms with van der Waals surface area (Å²) in [5.41, 5.74) is 0. The largest absolute Gasteiger partial charge is 0.472 e. The molecule has 0 aromatic rings. The lowest BCUT2D eigenvalue weighted by atomic mass is 10.1. The molecular formula is C89H142O17P2. The van der Waals surface area contributed by atoms with Crippen molar-refractivity contribution in [2.24, 2.45) is 0 Å². The Bertz CT molecular complexity index is 2810. The lowest BCUT2D eigenvalue weighted by molar-refractivity contribution is -0.161. The van der Waals surface area contributed by atoms with E-state index in [-0.39, 0.29) is 25.7 Å². The summed E-state index contributed by atoms with van der Waals surface area (Å²) in [6.45, 7) is 4.30. The van der Waals surface area contributed by atoms with Crippen molar-refractivity contribution in [3.63, 3.8) is 0 Å². The van der Waals surface area contributed by atoms with Gasteiger partial charge in [0.2, 0.25) is 0 Å². The van der Waals surface area contributed by atoms with E-state index >= 15 is 0 Å². The van der Waals surface area contributed by atoms with Crippen LogP contribution in [0.2, 0.25) is 0 Å². The number of carbonyl (C=O) groups is 4. The third-order valence-electron chi connectivity index (χ3n) is 16.1. The van der Waals surface area contributed by atoms with Gasteiger partial charge in [-0.3, -0.25) is 37.3 Å². The molecule has 0 aromatic carbocycles. The van der Waals surface area contributed by atoms with Gasteiger partial charge in [0.05, 0.1) is 32.8 Å². The van der Waals surface area contributed by atoms with Gasteiger partial charge in [-0.05, 0) is 167 Å². The first-order valence-electron chi connectivity index (χ1n) is 40.7. The second-order valence-electron chi connectivity index (χ2n) is 26.2. The standard InChI is InChI=1S/C89H142O17P2/c1-5-9-13-17-21-25-29-33-37-39-41-43-47-49-53-57-61-65-69-73-86(91)99-79-84(105-88(93)75-71-67-63-59-55-51-45-35-31-27-23-19-15-11-7-3)81-103-107(95,96)101-77-83(90)78-102-108(97,98)104-82-85(106-89(94)76-72-68-64-60-56-52-46-36-32-28-24-20-16-12-8-4)80-100-87(92)74-70-66-62-58-54-50-48-44-42-40-38-34-30-26-22-18-14-10-6-2/h9,11-13,15-16,21-28,33-38,41-46,49,53,55,59,67,71,83-85,90H,5-8,10,14,17-20,29-32,39-40,47-48,50-52,54,56-58,60-66,68-70,72-82H2,1-4H3,(H,95,96)(H,97,98)/b13-9-,15-11-,16-12-,25-21-,26-22-,27-23-,28-24-,37-33-,38-34-,43-41-,44-42-,45-35-,46-36-,53-49-,59-55-,71-67-. The van der Waals surface area contributed by atoms with E-state index in [2.05, 4.69) is 198 Å². The van der Waals surface area contributed by atoms with Crippen molar-refractivity contribution < 1.29 is 80.2 Å². The first-order valence-corrected chi connectivity index (χ1v) is 43.7. The molecule has 0 amide bonds. The Kier molecular flexibility index (Phi) is 74.5. The minimum atomic E-state index is -5.02. The Hall–Kier alpha value is -6.10. The van der Waals surface area contributed by atoms with Gasteiger partial charge < -0.3 is 33.8 Å². The van der Waals surface area contributed by atoms with E-state index < -0.39 is 97.5 Å². The molecule has 0 heterocycles. The number of hydrogen-bond acceptors (Lipinski definition) is 15. The molecule has 610 valence electrons. The van der Waals surface area contributed by atoms with E-state index in [0.717, 1.165) is 186 Å². The Morgan fingerprint density at radius 2 is 0.519 bits per heavy atom. The van der Waals surface area contributed by atoms with Crippen molar-refractivity contribution >= 4 is 39.5 Å². The van der Waals surface area contributed by atoms with E-state index in [9.17, 15) is 43.2 Å². The highest BCUT2D eigenvalue weighted by Gasteiger charge is 2.30. The summed E-state index contributed by atoms with van der Waals surface area (Å²) in [6, 6.07) is 0. The molecule has 0 aliphatic rings. The Morgan fingerprint density at radius 3 is 0.833 bits per heavy atom. The van der Waals surface area contributed by atoms with Gasteiger partial charge in [0.25, 0.3) is 0 Å². The van der Waals surface area contributed by atoms with Crippen molar-refractivity contribution in [2.45, 2.75) is 303 Å². The van der Waals surface area contributed by atoms with Crippen molar-refractivity contribution in [1.82, 2.24) is 0 Å². The van der Waals surface area contributed by atoms with Crippen LogP contribution in [0.25, 0.3) is 0 Å². The summed E-state index contributed by atoms with van der Waals surface area (Å²) in [4.78, 5) is 73.1. The fraction of sp³-hybridized carbons (Fsp3) is 0.596. The summed E-state index contributed by atoms with van der Waals surface area (Å²) in [6.07, 6.45) is 97.2. The first-order chi connectivity index (χ1) is 52.7. The van der Waals surface area contributed by atoms with E-state index in [1.54, 1.807) is 12.2 Å². The molecule has 0 saturated heterocycles. The molecule has 0 aliphatic carbocycles. The third kappa shape index (κ3) is 78.0. The maximum absolute atomic E-state index is 13.1. The minimum Gasteiger partial charge on any atom is -0.462 e. The van der Waals surface area contributed by atoms with Crippen molar-refractivity contribution in [1.29, 1.82) is 0 Å². The highest BCUT2D eigenvalue weighted by Crippen LogP contribution is 2.45. The smallest absolute Gasteiger partial charge is 0.462 e. The molecule has 5 unspecified atom stereocenters. The van der Waals surface area contributed by atoms with E-state index in [1.807, 2.05) is 12.2 Å². The van der Waals surface area contributed by atoms with Crippen LogP contribution in [0, 0.1) is 0 Å². The second kappa shape index (κ2) is 79.0. The van der Waals surface area contributed by atoms with Crippen LogP contribution in [-0.4, -0.2) is 96.7 Å². The van der Waals surface area contributed by atoms with E-state index in [1.165, 1.54) is 19.3 Å². The third-order valence-corrected chi connectivity index (χ3v) is 18.0. The van der Waals surface area contributed by atoms with E-state index in [4.69, 9.17) is 37.0 Å². The Balaban J connectivity index is 5.50. The predicted molar refractivity (Wildman–Crippen MR) is 445 cm³/mol. The number of unbranched alkanes of at least 4 members (excludes halogenated alkanes) is 17. The molecule has 17 nitrogen and oxygen atoms in total. The molecule has 19 heteroatoms. The fourth-order valence-electron chi connectivity index (χ4n) is 9.99. The normalized spacial score (nSPS) is 14.8. The number of phosphoric ester groups is 2. The maximum atomic E-state index is 13.1. The van der Waals surface area contributed by atoms with Gasteiger partial charge in [-0.1, -0.05) is 286 Å². The zero-order valence-electron chi connectivity index (χ0n) is 66.7. The van der Waals surface area contributed by atoms with Gasteiger partial charge in [-0.25, -0.2) is 9.13 Å². The zero-order valence-corrected chi connectivity index (χ0v) is 68.5. The van der Waals surface area contributed by atoms with Crippen LogP contribution in [0.4, 0.5) is 0 Å². The zero-order chi connectivity index (χ0) is 78.9. The van der Waals surface area contributed by atoms with Crippen LogP contribution in [-0.2, 0) is 65.4 Å². The van der Waals surface area contributed by atoms with Gasteiger partial charge in [0, 0.05) is 19.3 Å². The van der Waals surface area contributed by atoms with Gasteiger partial charge in [0.15, 0.2) is 12.2 Å². The number of hydrogen-bond donors (Lipinski definition) is 3. The molecule has 0 aliphatic heterocycles. The van der Waals surface area contributed by atoms with Crippen LogP contribution in [0.5, 0.6) is 0 Å². The predicted octanol–water partition coefficient (Wildman–Crippen LogP) is 24.1. The molecule has 5 atom stereocenters. The first kappa shape index (κ1) is 102. The average Bonchev–Trinajstić information content (AvgIpc) is 0.923. The Morgan fingerprint density at radius 1 is 0.278 bits per heavy atom.